The van der Waals surface area contributed by atoms with Crippen molar-refractivity contribution in [2.24, 2.45) is 14.1 Å². The molecule has 0 unspecified atom stereocenters. The molecule has 0 saturated carbocycles. The molecule has 0 amide bonds. The third-order valence-corrected chi connectivity index (χ3v) is 3.37. The van der Waals surface area contributed by atoms with Crippen LogP contribution in [0.2, 0.25) is 0 Å². The number of nitrogens with one attached hydrogen (secondary N) is 1. The van der Waals surface area contributed by atoms with E-state index in [0.29, 0.717) is 0 Å². The van der Waals surface area contributed by atoms with Gasteiger partial charge in [-0.25, -0.2) is 9.97 Å². The Morgan fingerprint density at radius 3 is 2.63 bits per heavy atom. The molecule has 98 valence electrons. The van der Waals surface area contributed by atoms with Gasteiger partial charge in [0.2, 0.25) is 0 Å². The van der Waals surface area contributed by atoms with Crippen LogP contribution in [0.25, 0.3) is 11.0 Å². The third kappa shape index (κ3) is 2.24. The second-order valence-corrected chi connectivity index (χ2v) is 4.63. The van der Waals surface area contributed by atoms with Crippen LogP contribution in [-0.4, -0.2) is 19.1 Å². The van der Waals surface area contributed by atoms with E-state index in [0.717, 1.165) is 35.8 Å². The van der Waals surface area contributed by atoms with Crippen LogP contribution in [0.3, 0.4) is 0 Å². The van der Waals surface area contributed by atoms with E-state index in [1.165, 1.54) is 0 Å². The maximum atomic E-state index is 4.63. The molecule has 0 aliphatic heterocycles. The summed E-state index contributed by atoms with van der Waals surface area (Å²) in [5.41, 5.74) is 2.20. The molecule has 1 N–H and O–H groups in total. The number of para-hydroxylation sites is 2. The van der Waals surface area contributed by atoms with Crippen LogP contribution >= 0.6 is 0 Å². The van der Waals surface area contributed by atoms with Crippen molar-refractivity contribution in [1.29, 1.82) is 0 Å². The third-order valence-electron chi connectivity index (χ3n) is 3.37. The molecule has 0 atom stereocenters. The van der Waals surface area contributed by atoms with Crippen LogP contribution in [0, 0.1) is 0 Å². The number of nitrogens with zero attached hydrogens (tertiary/aromatic N) is 4. The lowest BCUT2D eigenvalue weighted by molar-refractivity contribution is 0.608. The van der Waals surface area contributed by atoms with Gasteiger partial charge >= 0.3 is 0 Å². The van der Waals surface area contributed by atoms with Gasteiger partial charge in [-0.2, -0.15) is 0 Å². The molecule has 19 heavy (non-hydrogen) atoms. The summed E-state index contributed by atoms with van der Waals surface area (Å²) in [6, 6.07) is 8.18. The van der Waals surface area contributed by atoms with E-state index in [1.54, 1.807) is 0 Å². The first-order valence-electron chi connectivity index (χ1n) is 6.33. The second kappa shape index (κ2) is 4.85. The van der Waals surface area contributed by atoms with Crippen LogP contribution < -0.4 is 5.32 Å². The van der Waals surface area contributed by atoms with Crippen LogP contribution in [0.4, 0.5) is 0 Å². The predicted molar refractivity (Wildman–Crippen MR) is 74.5 cm³/mol. The summed E-state index contributed by atoms with van der Waals surface area (Å²) < 4.78 is 4.14. The first kappa shape index (κ1) is 11.9. The molecule has 1 aromatic carbocycles. The van der Waals surface area contributed by atoms with Gasteiger partial charge in [-0.1, -0.05) is 12.1 Å². The van der Waals surface area contributed by atoms with Gasteiger partial charge < -0.3 is 14.5 Å². The summed E-state index contributed by atoms with van der Waals surface area (Å²) in [6.07, 6.45) is 3.76. The number of benzene rings is 1. The van der Waals surface area contributed by atoms with Crippen molar-refractivity contribution in [3.8, 4) is 0 Å². The first-order chi connectivity index (χ1) is 9.25. The molecule has 2 heterocycles. The van der Waals surface area contributed by atoms with Crippen molar-refractivity contribution in [1.82, 2.24) is 24.4 Å². The fourth-order valence-corrected chi connectivity index (χ4v) is 2.21. The van der Waals surface area contributed by atoms with Crippen molar-refractivity contribution in [2.45, 2.75) is 13.1 Å². The van der Waals surface area contributed by atoms with Crippen molar-refractivity contribution in [3.05, 3.63) is 48.3 Å². The normalized spacial score (nSPS) is 11.3. The average Bonchev–Trinajstić information content (AvgIpc) is 2.96. The summed E-state index contributed by atoms with van der Waals surface area (Å²) in [7, 11) is 4.05. The molecule has 3 aromatic rings. The Labute approximate surface area is 111 Å². The fourth-order valence-electron chi connectivity index (χ4n) is 2.21. The molecule has 0 radical (unpaired) electrons. The lowest BCUT2D eigenvalue weighted by atomic mass is 10.3. The highest BCUT2D eigenvalue weighted by atomic mass is 15.1. The van der Waals surface area contributed by atoms with E-state index >= 15 is 0 Å². The molecule has 0 aliphatic rings. The van der Waals surface area contributed by atoms with Crippen molar-refractivity contribution in [2.75, 3.05) is 0 Å². The lowest BCUT2D eigenvalue weighted by Gasteiger charge is -2.05. The van der Waals surface area contributed by atoms with Gasteiger partial charge in [0.1, 0.15) is 11.6 Å². The van der Waals surface area contributed by atoms with Gasteiger partial charge in [-0.3, -0.25) is 0 Å². The number of aromatic nitrogens is 4. The molecule has 0 spiro atoms. The van der Waals surface area contributed by atoms with Gasteiger partial charge in [-0.05, 0) is 12.1 Å². The molecular weight excluding hydrogens is 238 g/mol. The summed E-state index contributed by atoms with van der Waals surface area (Å²) in [6.45, 7) is 1.48. The Hall–Kier alpha value is -2.14. The molecule has 2 aromatic heterocycles. The quantitative estimate of drug-likeness (QED) is 0.770. The van der Waals surface area contributed by atoms with Crippen LogP contribution in [0.1, 0.15) is 11.6 Å². The van der Waals surface area contributed by atoms with E-state index < -0.39 is 0 Å². The van der Waals surface area contributed by atoms with E-state index in [-0.39, 0.29) is 0 Å². The topological polar surface area (TPSA) is 47.7 Å². The molecule has 3 rings (SSSR count). The van der Waals surface area contributed by atoms with Gasteiger partial charge in [0.15, 0.2) is 0 Å². The maximum Gasteiger partial charge on any atom is 0.123 e. The standard InChI is InChI=1S/C14H17N5/c1-18-8-7-16-13(18)9-15-10-14-17-11-5-3-4-6-12(11)19(14)2/h3-8,15H,9-10H2,1-2H3. The predicted octanol–water partition coefficient (Wildman–Crippen LogP) is 1.60. The molecular formula is C14H17N5. The van der Waals surface area contributed by atoms with Crippen LogP contribution in [0.15, 0.2) is 36.7 Å². The van der Waals surface area contributed by atoms with Crippen molar-refractivity contribution < 1.29 is 0 Å². The Morgan fingerprint density at radius 1 is 1.11 bits per heavy atom. The van der Waals surface area contributed by atoms with Gasteiger partial charge in [-0.15, -0.1) is 0 Å². The Balaban J connectivity index is 1.72. The fraction of sp³-hybridized carbons (Fsp3) is 0.286. The highest BCUT2D eigenvalue weighted by Gasteiger charge is 2.06. The number of imidazole rings is 2. The Kier molecular flexibility index (Phi) is 3.05. The molecule has 0 fully saturated rings. The van der Waals surface area contributed by atoms with E-state index in [1.807, 2.05) is 49.3 Å². The van der Waals surface area contributed by atoms with Crippen molar-refractivity contribution >= 4 is 11.0 Å². The number of rotatable bonds is 4. The molecule has 0 saturated heterocycles. The molecule has 5 heteroatoms. The zero-order chi connectivity index (χ0) is 13.2. The average molecular weight is 255 g/mol. The minimum atomic E-state index is 0.734. The number of hydrogen-bond acceptors (Lipinski definition) is 3. The number of aryl methyl sites for hydroxylation is 2. The van der Waals surface area contributed by atoms with Gasteiger partial charge in [0, 0.05) is 26.5 Å². The van der Waals surface area contributed by atoms with E-state index in [4.69, 9.17) is 0 Å². The molecule has 0 aliphatic carbocycles. The minimum Gasteiger partial charge on any atom is -0.337 e. The van der Waals surface area contributed by atoms with Gasteiger partial charge in [0.25, 0.3) is 0 Å². The zero-order valence-corrected chi connectivity index (χ0v) is 11.2. The molecule has 5 nitrogen and oxygen atoms in total. The Bertz CT molecular complexity index is 695. The number of hydrogen-bond donors (Lipinski definition) is 1. The minimum absolute atomic E-state index is 0.734. The zero-order valence-electron chi connectivity index (χ0n) is 11.2. The monoisotopic (exact) mass is 255 g/mol. The summed E-state index contributed by atoms with van der Waals surface area (Å²) in [5, 5.41) is 3.38. The van der Waals surface area contributed by atoms with Gasteiger partial charge in [0.05, 0.1) is 24.1 Å². The summed E-state index contributed by atoms with van der Waals surface area (Å²) >= 11 is 0. The van der Waals surface area contributed by atoms with E-state index in [9.17, 15) is 0 Å². The van der Waals surface area contributed by atoms with Crippen molar-refractivity contribution in [3.63, 3.8) is 0 Å². The molecule has 0 bridgehead atoms. The lowest BCUT2D eigenvalue weighted by Crippen LogP contribution is -2.18. The largest absolute Gasteiger partial charge is 0.337 e. The van der Waals surface area contributed by atoms with Crippen LogP contribution in [-0.2, 0) is 27.2 Å². The SMILES string of the molecule is Cn1ccnc1CNCc1nc2ccccc2n1C. The smallest absolute Gasteiger partial charge is 0.123 e. The highest BCUT2D eigenvalue weighted by Crippen LogP contribution is 2.13. The highest BCUT2D eigenvalue weighted by molar-refractivity contribution is 5.75. The Morgan fingerprint density at radius 2 is 1.89 bits per heavy atom. The second-order valence-electron chi connectivity index (χ2n) is 4.63. The number of fused-ring (bicyclic) bond motifs is 1. The van der Waals surface area contributed by atoms with Crippen LogP contribution in [0.5, 0.6) is 0 Å². The summed E-state index contributed by atoms with van der Waals surface area (Å²) in [4.78, 5) is 8.91. The maximum absolute atomic E-state index is 4.63. The van der Waals surface area contributed by atoms with E-state index in [2.05, 4.69) is 25.9 Å². The summed E-state index contributed by atoms with van der Waals surface area (Å²) in [5.74, 6) is 2.06. The first-order valence-corrected chi connectivity index (χ1v) is 6.33.